The topological polar surface area (TPSA) is 98.4 Å². The Bertz CT molecular complexity index is 1200. The fourth-order valence-electron chi connectivity index (χ4n) is 4.76. The number of nitriles is 1. The number of benzene rings is 2. The number of anilines is 2. The molecular weight excluding hydrogens is 489 g/mol. The number of carbonyl (C=O) groups is 1. The highest BCUT2D eigenvalue weighted by Gasteiger charge is 2.48. The van der Waals surface area contributed by atoms with Crippen molar-refractivity contribution >= 4 is 23.1 Å². The van der Waals surface area contributed by atoms with E-state index in [0.717, 1.165) is 10.7 Å². The van der Waals surface area contributed by atoms with E-state index in [4.69, 9.17) is 9.47 Å². The first-order chi connectivity index (χ1) is 17.6. The number of nitrogens with zero attached hydrogens (tertiary/aromatic N) is 4. The van der Waals surface area contributed by atoms with Crippen molar-refractivity contribution in [3.8, 4) is 17.6 Å². The van der Waals surface area contributed by atoms with Gasteiger partial charge in [0.2, 0.25) is 0 Å². The molecule has 0 aromatic heterocycles. The Morgan fingerprint density at radius 2 is 1.81 bits per heavy atom. The molecule has 2 unspecified atom stereocenters. The quantitative estimate of drug-likeness (QED) is 0.563. The highest BCUT2D eigenvalue weighted by Crippen LogP contribution is 2.37. The Kier molecular flexibility index (Phi) is 7.47. The van der Waals surface area contributed by atoms with Gasteiger partial charge in [-0.25, -0.2) is 0 Å². The Hall–Kier alpha value is -3.94. The van der Waals surface area contributed by atoms with Crippen molar-refractivity contribution in [3.05, 3.63) is 48.0 Å². The van der Waals surface area contributed by atoms with Gasteiger partial charge in [0.05, 0.1) is 36.5 Å². The van der Waals surface area contributed by atoms with Crippen molar-refractivity contribution in [1.29, 1.82) is 5.26 Å². The second-order valence-electron chi connectivity index (χ2n) is 9.07. The molecule has 2 heterocycles. The van der Waals surface area contributed by atoms with Crippen molar-refractivity contribution in [2.24, 2.45) is 11.0 Å². The van der Waals surface area contributed by atoms with Crippen LogP contribution in [-0.2, 0) is 4.79 Å². The molecule has 8 nitrogen and oxygen atoms in total. The van der Waals surface area contributed by atoms with E-state index < -0.39 is 36.2 Å². The van der Waals surface area contributed by atoms with Gasteiger partial charge in [0.15, 0.2) is 0 Å². The molecule has 1 N–H and O–H groups in total. The average Bonchev–Trinajstić information content (AvgIpc) is 3.20. The minimum absolute atomic E-state index is 0.0698. The normalized spacial score (nSPS) is 20.4. The smallest absolute Gasteiger partial charge is 0.431 e. The van der Waals surface area contributed by atoms with Crippen LogP contribution in [0, 0.1) is 17.2 Å². The van der Waals surface area contributed by atoms with Crippen LogP contribution < -0.4 is 19.4 Å². The molecular formula is C26H27F3N4O4. The molecule has 2 aromatic rings. The van der Waals surface area contributed by atoms with Gasteiger partial charge in [0.1, 0.15) is 29.4 Å². The summed E-state index contributed by atoms with van der Waals surface area (Å²) in [5, 5.41) is 23.5. The molecule has 0 bridgehead atoms. The molecule has 196 valence electrons. The van der Waals surface area contributed by atoms with E-state index in [0.29, 0.717) is 48.7 Å². The van der Waals surface area contributed by atoms with Crippen LogP contribution in [0.4, 0.5) is 24.5 Å². The summed E-state index contributed by atoms with van der Waals surface area (Å²) >= 11 is 0. The van der Waals surface area contributed by atoms with Crippen molar-refractivity contribution < 1.29 is 32.5 Å². The van der Waals surface area contributed by atoms with Crippen molar-refractivity contribution in [3.63, 3.8) is 0 Å². The number of carboxylic acid groups (broad SMARTS) is 1. The van der Waals surface area contributed by atoms with Crippen LogP contribution in [0.25, 0.3) is 0 Å². The first-order valence-corrected chi connectivity index (χ1v) is 11.9. The summed E-state index contributed by atoms with van der Waals surface area (Å²) in [5.41, 5.74) is 0.770. The molecule has 1 fully saturated rings. The number of piperidine rings is 1. The lowest BCUT2D eigenvalue weighted by molar-refractivity contribution is -0.137. The number of ether oxygens (including phenoxy) is 2. The first-order valence-electron chi connectivity index (χ1n) is 11.9. The summed E-state index contributed by atoms with van der Waals surface area (Å²) in [6, 6.07) is 13.1. The molecule has 2 aliphatic rings. The summed E-state index contributed by atoms with van der Waals surface area (Å²) in [6.45, 7) is 2.71. The summed E-state index contributed by atoms with van der Waals surface area (Å²) in [4.78, 5) is 13.4. The van der Waals surface area contributed by atoms with Crippen LogP contribution in [0.3, 0.4) is 0 Å². The highest BCUT2D eigenvalue weighted by atomic mass is 19.4. The van der Waals surface area contributed by atoms with Gasteiger partial charge in [-0.1, -0.05) is 6.92 Å². The number of aliphatic carboxylic acids is 1. The van der Waals surface area contributed by atoms with E-state index in [1.54, 1.807) is 43.5 Å². The molecule has 1 saturated heterocycles. The van der Waals surface area contributed by atoms with E-state index >= 15 is 0 Å². The maximum Gasteiger partial charge on any atom is 0.431 e. The van der Waals surface area contributed by atoms with Crippen LogP contribution in [0.2, 0.25) is 0 Å². The Balaban J connectivity index is 1.41. The maximum absolute atomic E-state index is 13.4. The molecule has 2 aromatic carbocycles. The fraction of sp³-hybridized carbons (Fsp3) is 0.423. The van der Waals surface area contributed by atoms with Gasteiger partial charge in [-0.15, -0.1) is 0 Å². The highest BCUT2D eigenvalue weighted by molar-refractivity contribution is 5.96. The van der Waals surface area contributed by atoms with Crippen LogP contribution in [0.1, 0.15) is 31.7 Å². The number of hydrazone groups is 1. The third-order valence-electron chi connectivity index (χ3n) is 6.72. The molecule has 4 rings (SSSR count). The minimum atomic E-state index is -4.64. The number of hydrogen-bond acceptors (Lipinski definition) is 7. The van der Waals surface area contributed by atoms with E-state index in [-0.39, 0.29) is 6.10 Å². The molecule has 0 radical (unpaired) electrons. The van der Waals surface area contributed by atoms with Gasteiger partial charge >= 0.3 is 12.1 Å². The van der Waals surface area contributed by atoms with Gasteiger partial charge in [-0.2, -0.15) is 23.5 Å². The molecule has 11 heteroatoms. The summed E-state index contributed by atoms with van der Waals surface area (Å²) in [5.74, 6) is -1.04. The van der Waals surface area contributed by atoms with Gasteiger partial charge in [-0.3, -0.25) is 9.80 Å². The van der Waals surface area contributed by atoms with Crippen LogP contribution in [-0.4, -0.2) is 55.3 Å². The van der Waals surface area contributed by atoms with Crippen LogP contribution in [0.15, 0.2) is 47.6 Å². The number of alkyl halides is 3. The molecule has 0 aliphatic carbocycles. The standard InChI is InChI=1S/C26H27F3N4O4/c1-16-22(14-24(34)35)33(31-25(16)26(27,28)29)18-4-7-19(8-5-18)37-20-9-11-32(12-10-20)23-13-21(36-2)6-3-17(23)15-30/h3-8,13,16,20,22H,9-12,14H2,1-2H3,(H,34,35). The molecule has 2 atom stereocenters. The Labute approximate surface area is 212 Å². The summed E-state index contributed by atoms with van der Waals surface area (Å²) in [7, 11) is 1.58. The second kappa shape index (κ2) is 10.6. The number of methoxy groups -OCH3 is 1. The van der Waals surface area contributed by atoms with Crippen molar-refractivity contribution in [2.45, 2.75) is 44.5 Å². The lowest BCUT2D eigenvalue weighted by Gasteiger charge is -2.34. The number of halogens is 3. The van der Waals surface area contributed by atoms with E-state index in [2.05, 4.69) is 16.1 Å². The minimum Gasteiger partial charge on any atom is -0.497 e. The monoisotopic (exact) mass is 516 g/mol. The molecule has 37 heavy (non-hydrogen) atoms. The number of carboxylic acids is 1. The lowest BCUT2D eigenvalue weighted by atomic mass is 9.94. The SMILES string of the molecule is COc1ccc(C#N)c(N2CCC(Oc3ccc(N4N=C(C(F)(F)F)C(C)C4CC(=O)O)cc3)CC2)c1. The predicted octanol–water partition coefficient (Wildman–Crippen LogP) is 4.83. The predicted molar refractivity (Wildman–Crippen MR) is 131 cm³/mol. The summed E-state index contributed by atoms with van der Waals surface area (Å²) < 4.78 is 51.6. The fourth-order valence-corrected chi connectivity index (χ4v) is 4.76. The third kappa shape index (κ3) is 5.74. The Morgan fingerprint density at radius 1 is 1.16 bits per heavy atom. The molecule has 0 amide bonds. The largest absolute Gasteiger partial charge is 0.497 e. The number of rotatable bonds is 7. The van der Waals surface area contributed by atoms with E-state index in [9.17, 15) is 28.3 Å². The zero-order valence-electron chi connectivity index (χ0n) is 20.4. The van der Waals surface area contributed by atoms with Crippen LogP contribution in [0.5, 0.6) is 11.5 Å². The number of hydrogen-bond donors (Lipinski definition) is 1. The lowest BCUT2D eigenvalue weighted by Crippen LogP contribution is -2.38. The van der Waals surface area contributed by atoms with Crippen LogP contribution >= 0.6 is 0 Å². The van der Waals surface area contributed by atoms with E-state index in [1.165, 1.54) is 6.92 Å². The average molecular weight is 517 g/mol. The zero-order chi connectivity index (χ0) is 26.7. The van der Waals surface area contributed by atoms with Gasteiger partial charge in [0, 0.05) is 37.9 Å². The van der Waals surface area contributed by atoms with Gasteiger partial charge in [0.25, 0.3) is 0 Å². The van der Waals surface area contributed by atoms with Crippen molar-refractivity contribution in [1.82, 2.24) is 0 Å². The second-order valence-corrected chi connectivity index (χ2v) is 9.07. The van der Waals surface area contributed by atoms with Crippen molar-refractivity contribution in [2.75, 3.05) is 30.1 Å². The van der Waals surface area contributed by atoms with Gasteiger partial charge < -0.3 is 19.5 Å². The maximum atomic E-state index is 13.4. The third-order valence-corrected chi connectivity index (χ3v) is 6.72. The molecule has 0 spiro atoms. The first kappa shape index (κ1) is 26.1. The zero-order valence-corrected chi connectivity index (χ0v) is 20.4. The van der Waals surface area contributed by atoms with Gasteiger partial charge in [-0.05, 0) is 36.4 Å². The molecule has 0 saturated carbocycles. The molecule has 2 aliphatic heterocycles. The summed E-state index contributed by atoms with van der Waals surface area (Å²) in [6.07, 6.45) is -3.75. The van der Waals surface area contributed by atoms with E-state index in [1.807, 2.05) is 6.07 Å². The Morgan fingerprint density at radius 3 is 2.38 bits per heavy atom.